The van der Waals surface area contributed by atoms with Gasteiger partial charge in [-0.3, -0.25) is 9.59 Å². The van der Waals surface area contributed by atoms with Crippen molar-refractivity contribution in [2.45, 2.75) is 0 Å². The summed E-state index contributed by atoms with van der Waals surface area (Å²) in [6.07, 6.45) is 0.695. The van der Waals surface area contributed by atoms with Crippen molar-refractivity contribution in [2.75, 3.05) is 0 Å². The maximum absolute atomic E-state index is 12.2. The zero-order valence-electron chi connectivity index (χ0n) is 9.30. The van der Waals surface area contributed by atoms with Gasteiger partial charge in [0.15, 0.2) is 11.5 Å². The van der Waals surface area contributed by atoms with Gasteiger partial charge < -0.3 is 4.29 Å². The quantitative estimate of drug-likeness (QED) is 0.626. The molecule has 2 aromatic carbocycles. The molecule has 0 aliphatic rings. The van der Waals surface area contributed by atoms with Crippen molar-refractivity contribution < 1.29 is 13.9 Å². The number of rotatable bonds is 4. The molecule has 0 aromatic heterocycles. The lowest BCUT2D eigenvalue weighted by molar-refractivity contribution is 0.103. The van der Waals surface area contributed by atoms with Crippen LogP contribution in [0.4, 0.5) is 0 Å². The van der Waals surface area contributed by atoms with Crippen molar-refractivity contribution in [2.24, 2.45) is 0 Å². The Labute approximate surface area is 109 Å². The highest BCUT2D eigenvalue weighted by molar-refractivity contribution is 6.14. The lowest BCUT2D eigenvalue weighted by Gasteiger charge is -2.05. The fraction of sp³-hybridized carbons (Fsp3) is 0. The molecule has 0 amide bonds. The third-order valence-corrected chi connectivity index (χ3v) is 2.67. The van der Waals surface area contributed by atoms with Gasteiger partial charge in [0.05, 0.1) is 5.56 Å². The lowest BCUT2D eigenvalue weighted by Crippen LogP contribution is -2.03. The molecule has 90 valence electrons. The first-order valence-corrected chi connectivity index (χ1v) is 5.54. The van der Waals surface area contributed by atoms with E-state index in [0.29, 0.717) is 28.7 Å². The highest BCUT2D eigenvalue weighted by atomic mass is 35.5. The van der Waals surface area contributed by atoms with Crippen LogP contribution in [-0.4, -0.2) is 12.1 Å². The highest BCUT2D eigenvalue weighted by Crippen LogP contribution is 2.22. The number of para-hydroxylation sites is 1. The van der Waals surface area contributed by atoms with Crippen LogP contribution in [0, 0.1) is 0 Å². The first-order valence-electron chi connectivity index (χ1n) is 5.24. The van der Waals surface area contributed by atoms with E-state index >= 15 is 0 Å². The number of halogens is 1. The van der Waals surface area contributed by atoms with E-state index in [1.165, 1.54) is 6.07 Å². The number of hydrogen-bond acceptors (Lipinski definition) is 3. The Bertz CT molecular complexity index is 593. The number of hydrogen-bond donors (Lipinski definition) is 0. The molecule has 0 aliphatic heterocycles. The summed E-state index contributed by atoms with van der Waals surface area (Å²) in [6, 6.07) is 13.1. The summed E-state index contributed by atoms with van der Waals surface area (Å²) in [5.74, 6) is 0.0515. The maximum atomic E-state index is 12.2. The van der Waals surface area contributed by atoms with Gasteiger partial charge in [-0.1, -0.05) is 30.3 Å². The van der Waals surface area contributed by atoms with Crippen LogP contribution in [0.2, 0.25) is 0 Å². The number of ketones is 1. The van der Waals surface area contributed by atoms with Gasteiger partial charge in [0, 0.05) is 11.1 Å². The van der Waals surface area contributed by atoms with Crippen molar-refractivity contribution in [3.8, 4) is 5.75 Å². The normalized spacial score (nSPS) is 9.83. The van der Waals surface area contributed by atoms with Gasteiger partial charge >= 0.3 is 0 Å². The first kappa shape index (κ1) is 12.3. The fourth-order valence-corrected chi connectivity index (χ4v) is 1.76. The molecule has 0 saturated carbocycles. The van der Waals surface area contributed by atoms with Gasteiger partial charge in [0.1, 0.15) is 18.2 Å². The summed E-state index contributed by atoms with van der Waals surface area (Å²) >= 11 is 5.31. The van der Waals surface area contributed by atoms with Crippen LogP contribution in [0.5, 0.6) is 5.75 Å². The van der Waals surface area contributed by atoms with Crippen LogP contribution >= 0.6 is 11.9 Å². The number of aldehydes is 1. The van der Waals surface area contributed by atoms with Crippen LogP contribution in [0.15, 0.2) is 48.5 Å². The SMILES string of the molecule is O=Cc1cccc(C(=O)c2ccccc2OCl)c1. The molecule has 0 bridgehead atoms. The predicted octanol–water partition coefficient (Wildman–Crippen LogP) is 3.26. The Hall–Kier alpha value is -2.13. The summed E-state index contributed by atoms with van der Waals surface area (Å²) in [6.45, 7) is 0. The minimum atomic E-state index is -0.241. The summed E-state index contributed by atoms with van der Waals surface area (Å²) < 4.78 is 4.63. The summed E-state index contributed by atoms with van der Waals surface area (Å²) in [7, 11) is 0. The van der Waals surface area contributed by atoms with Gasteiger partial charge in [-0.25, -0.2) is 0 Å². The van der Waals surface area contributed by atoms with E-state index in [1.54, 1.807) is 42.5 Å². The Kier molecular flexibility index (Phi) is 3.75. The Morgan fingerprint density at radius 3 is 2.61 bits per heavy atom. The molecule has 0 aliphatic carbocycles. The largest absolute Gasteiger partial charge is 0.385 e. The van der Waals surface area contributed by atoms with E-state index in [4.69, 9.17) is 11.9 Å². The minimum Gasteiger partial charge on any atom is -0.385 e. The molecule has 0 spiro atoms. The molecule has 0 radical (unpaired) electrons. The molecule has 4 heteroatoms. The maximum Gasteiger partial charge on any atom is 0.196 e. The molecule has 0 unspecified atom stereocenters. The molecule has 2 aromatic rings. The van der Waals surface area contributed by atoms with E-state index in [2.05, 4.69) is 4.29 Å². The number of carbonyl (C=O) groups is 2. The van der Waals surface area contributed by atoms with Crippen molar-refractivity contribution >= 4 is 23.9 Å². The molecule has 0 heterocycles. The van der Waals surface area contributed by atoms with Gasteiger partial charge in [-0.15, -0.1) is 0 Å². The van der Waals surface area contributed by atoms with Crippen LogP contribution in [0.25, 0.3) is 0 Å². The van der Waals surface area contributed by atoms with Gasteiger partial charge in [0.25, 0.3) is 0 Å². The van der Waals surface area contributed by atoms with Gasteiger partial charge in [-0.2, -0.15) is 0 Å². The van der Waals surface area contributed by atoms with E-state index in [1.807, 2.05) is 0 Å². The lowest BCUT2D eigenvalue weighted by atomic mass is 10.0. The average Bonchev–Trinajstić information content (AvgIpc) is 2.46. The average molecular weight is 261 g/mol. The van der Waals surface area contributed by atoms with Gasteiger partial charge in [-0.05, 0) is 18.2 Å². The van der Waals surface area contributed by atoms with Crippen molar-refractivity contribution in [1.82, 2.24) is 0 Å². The topological polar surface area (TPSA) is 43.4 Å². The number of benzene rings is 2. The third-order valence-electron chi connectivity index (χ3n) is 2.50. The third kappa shape index (κ3) is 2.41. The standard InChI is InChI=1S/C14H9ClO3/c15-18-13-7-2-1-6-12(13)14(17)11-5-3-4-10(8-11)9-16/h1-9H. The van der Waals surface area contributed by atoms with E-state index in [9.17, 15) is 9.59 Å². The number of carbonyl (C=O) groups excluding carboxylic acids is 2. The van der Waals surface area contributed by atoms with Crippen molar-refractivity contribution in [3.63, 3.8) is 0 Å². The summed E-state index contributed by atoms with van der Waals surface area (Å²) in [5, 5.41) is 0. The predicted molar refractivity (Wildman–Crippen MR) is 68.2 cm³/mol. The van der Waals surface area contributed by atoms with Crippen LogP contribution < -0.4 is 4.29 Å². The second-order valence-corrected chi connectivity index (χ2v) is 3.80. The van der Waals surface area contributed by atoms with Crippen LogP contribution in [-0.2, 0) is 0 Å². The summed E-state index contributed by atoms with van der Waals surface area (Å²) in [4.78, 5) is 22.9. The molecule has 0 N–H and O–H groups in total. The first-order chi connectivity index (χ1) is 8.76. The molecule has 2 rings (SSSR count). The van der Waals surface area contributed by atoms with Crippen molar-refractivity contribution in [1.29, 1.82) is 0 Å². The minimum absolute atomic E-state index is 0.241. The second kappa shape index (κ2) is 5.47. The zero-order chi connectivity index (χ0) is 13.0. The molecule has 0 atom stereocenters. The Morgan fingerprint density at radius 1 is 1.11 bits per heavy atom. The highest BCUT2D eigenvalue weighted by Gasteiger charge is 2.14. The molecule has 0 saturated heterocycles. The second-order valence-electron chi connectivity index (χ2n) is 3.65. The Morgan fingerprint density at radius 2 is 1.89 bits per heavy atom. The van der Waals surface area contributed by atoms with E-state index in [-0.39, 0.29) is 5.78 Å². The van der Waals surface area contributed by atoms with E-state index < -0.39 is 0 Å². The Balaban J connectivity index is 2.44. The molecule has 3 nitrogen and oxygen atoms in total. The fourth-order valence-electron chi connectivity index (χ4n) is 1.63. The zero-order valence-corrected chi connectivity index (χ0v) is 10.1. The van der Waals surface area contributed by atoms with Crippen LogP contribution in [0.1, 0.15) is 26.3 Å². The van der Waals surface area contributed by atoms with E-state index in [0.717, 1.165) is 0 Å². The monoisotopic (exact) mass is 260 g/mol. The molecular formula is C14H9ClO3. The van der Waals surface area contributed by atoms with Crippen molar-refractivity contribution in [3.05, 3.63) is 65.2 Å². The molecule has 18 heavy (non-hydrogen) atoms. The smallest absolute Gasteiger partial charge is 0.196 e. The van der Waals surface area contributed by atoms with Crippen LogP contribution in [0.3, 0.4) is 0 Å². The molecule has 0 fully saturated rings. The van der Waals surface area contributed by atoms with Gasteiger partial charge in [0.2, 0.25) is 0 Å². The summed E-state index contributed by atoms with van der Waals surface area (Å²) in [5.41, 5.74) is 1.22. The molecular weight excluding hydrogens is 252 g/mol.